The molecule has 3 N–H and O–H groups in total. The van der Waals surface area contributed by atoms with Crippen molar-refractivity contribution in [3.05, 3.63) is 33.9 Å². The Morgan fingerprint density at radius 3 is 2.57 bits per heavy atom. The number of aromatic carboxylic acids is 1. The van der Waals surface area contributed by atoms with Gasteiger partial charge in [-0.2, -0.15) is 0 Å². The molecule has 2 heterocycles. The first kappa shape index (κ1) is 18.7. The molecule has 1 saturated heterocycles. The minimum Gasteiger partial charge on any atom is -0.492 e. The van der Waals surface area contributed by atoms with Gasteiger partial charge in [0.05, 0.1) is 30.2 Å². The Morgan fingerprint density at radius 1 is 1.32 bits per heavy atom. The van der Waals surface area contributed by atoms with E-state index < -0.39 is 17.2 Å². The standard InChI is InChI=1S/C19H22FN3O5/c1-27-14-8-22(7-13(14)21)16-12(20)5-10-15(18(16)28-2)23(9-3-4-9)6-11(17(10)24)19(25)26/h5-6,9,13-14H,3-4,7-8,21H2,1-2H3,(H,25,26). The minimum atomic E-state index is -1.33. The highest BCUT2D eigenvalue weighted by Gasteiger charge is 2.36. The molecule has 9 heteroatoms. The highest BCUT2D eigenvalue weighted by Crippen LogP contribution is 2.44. The molecular formula is C19H22FN3O5. The number of ether oxygens (including phenoxy) is 2. The number of methoxy groups -OCH3 is 2. The molecule has 1 aromatic carbocycles. The molecule has 0 spiro atoms. The molecule has 2 fully saturated rings. The molecule has 2 aliphatic rings. The average molecular weight is 391 g/mol. The zero-order valence-corrected chi connectivity index (χ0v) is 15.6. The smallest absolute Gasteiger partial charge is 0.341 e. The third-order valence-electron chi connectivity index (χ3n) is 5.50. The number of nitrogens with two attached hydrogens (primary N) is 1. The van der Waals surface area contributed by atoms with Gasteiger partial charge in [0, 0.05) is 32.4 Å². The van der Waals surface area contributed by atoms with Gasteiger partial charge in [0.15, 0.2) is 11.6 Å². The number of aromatic nitrogens is 1. The SMILES string of the molecule is COc1c(N2CC(N)C(OC)C2)c(F)cc2c(=O)c(C(=O)O)cn(C3CC3)c12. The van der Waals surface area contributed by atoms with Gasteiger partial charge in [0.1, 0.15) is 11.3 Å². The van der Waals surface area contributed by atoms with Crippen LogP contribution in [-0.2, 0) is 4.74 Å². The Labute approximate surface area is 160 Å². The molecule has 1 saturated carbocycles. The van der Waals surface area contributed by atoms with E-state index in [1.807, 2.05) is 0 Å². The first-order valence-corrected chi connectivity index (χ1v) is 9.09. The fraction of sp³-hybridized carbons (Fsp3) is 0.474. The number of rotatable bonds is 5. The lowest BCUT2D eigenvalue weighted by molar-refractivity contribution is 0.0694. The van der Waals surface area contributed by atoms with Crippen molar-refractivity contribution in [1.82, 2.24) is 4.57 Å². The van der Waals surface area contributed by atoms with E-state index >= 15 is 4.39 Å². The second kappa shape index (κ2) is 6.75. The fourth-order valence-electron chi connectivity index (χ4n) is 3.96. The maximum Gasteiger partial charge on any atom is 0.341 e. The normalized spacial score (nSPS) is 22.1. The van der Waals surface area contributed by atoms with Gasteiger partial charge in [0.2, 0.25) is 5.43 Å². The summed E-state index contributed by atoms with van der Waals surface area (Å²) < 4.78 is 27.8. The van der Waals surface area contributed by atoms with Gasteiger partial charge >= 0.3 is 5.97 Å². The largest absolute Gasteiger partial charge is 0.492 e. The van der Waals surface area contributed by atoms with E-state index in [0.717, 1.165) is 18.9 Å². The monoisotopic (exact) mass is 391 g/mol. The summed E-state index contributed by atoms with van der Waals surface area (Å²) in [7, 11) is 2.97. The molecule has 1 aliphatic heterocycles. The van der Waals surface area contributed by atoms with Crippen LogP contribution in [0.5, 0.6) is 5.75 Å². The van der Waals surface area contributed by atoms with Crippen LogP contribution in [0.2, 0.25) is 0 Å². The predicted octanol–water partition coefficient (Wildman–Crippen LogP) is 1.34. The van der Waals surface area contributed by atoms with E-state index in [4.69, 9.17) is 15.2 Å². The van der Waals surface area contributed by atoms with Crippen LogP contribution in [0.4, 0.5) is 10.1 Å². The van der Waals surface area contributed by atoms with Crippen molar-refractivity contribution in [3.8, 4) is 5.75 Å². The van der Waals surface area contributed by atoms with E-state index in [1.54, 1.807) is 16.6 Å². The van der Waals surface area contributed by atoms with Gasteiger partial charge in [-0.3, -0.25) is 4.79 Å². The van der Waals surface area contributed by atoms with Gasteiger partial charge in [-0.1, -0.05) is 0 Å². The van der Waals surface area contributed by atoms with Gasteiger partial charge < -0.3 is 29.8 Å². The van der Waals surface area contributed by atoms with Gasteiger partial charge in [-0.25, -0.2) is 9.18 Å². The molecule has 1 aliphatic carbocycles. The number of pyridine rings is 1. The highest BCUT2D eigenvalue weighted by molar-refractivity contribution is 5.97. The number of carboxylic acid groups (broad SMARTS) is 1. The number of halogens is 1. The number of hydrogen-bond donors (Lipinski definition) is 2. The predicted molar refractivity (Wildman–Crippen MR) is 101 cm³/mol. The van der Waals surface area contributed by atoms with Gasteiger partial charge in [-0.15, -0.1) is 0 Å². The van der Waals surface area contributed by atoms with E-state index in [9.17, 15) is 14.7 Å². The Kier molecular flexibility index (Phi) is 4.51. The number of hydrogen-bond acceptors (Lipinski definition) is 6. The Morgan fingerprint density at radius 2 is 2.04 bits per heavy atom. The Hall–Kier alpha value is -2.65. The summed E-state index contributed by atoms with van der Waals surface area (Å²) >= 11 is 0. The van der Waals surface area contributed by atoms with E-state index in [2.05, 4.69) is 0 Å². The number of anilines is 1. The van der Waals surface area contributed by atoms with E-state index in [1.165, 1.54) is 13.3 Å². The van der Waals surface area contributed by atoms with Crippen molar-refractivity contribution in [2.24, 2.45) is 5.73 Å². The third-order valence-corrected chi connectivity index (χ3v) is 5.50. The van der Waals surface area contributed by atoms with Gasteiger partial charge in [-0.05, 0) is 18.9 Å². The van der Waals surface area contributed by atoms with Crippen LogP contribution in [0, 0.1) is 5.82 Å². The molecule has 0 bridgehead atoms. The lowest BCUT2D eigenvalue weighted by Gasteiger charge is -2.24. The van der Waals surface area contributed by atoms with Crippen molar-refractivity contribution in [2.75, 3.05) is 32.2 Å². The third kappa shape index (κ3) is 2.82. The zero-order chi connectivity index (χ0) is 20.2. The lowest BCUT2D eigenvalue weighted by Crippen LogP contribution is -2.34. The van der Waals surface area contributed by atoms with Gasteiger partial charge in [0.25, 0.3) is 0 Å². The fourth-order valence-corrected chi connectivity index (χ4v) is 3.96. The number of fused-ring (bicyclic) bond motifs is 1. The van der Waals surface area contributed by atoms with Crippen molar-refractivity contribution >= 4 is 22.6 Å². The summed E-state index contributed by atoms with van der Waals surface area (Å²) in [5.74, 6) is -1.78. The van der Waals surface area contributed by atoms with Crippen LogP contribution < -0.4 is 20.8 Å². The van der Waals surface area contributed by atoms with Crippen LogP contribution in [0.15, 0.2) is 17.1 Å². The van der Waals surface area contributed by atoms with E-state index in [-0.39, 0.29) is 40.6 Å². The average Bonchev–Trinajstić information content (AvgIpc) is 3.43. The first-order valence-electron chi connectivity index (χ1n) is 9.09. The second-order valence-corrected chi connectivity index (χ2v) is 7.29. The van der Waals surface area contributed by atoms with Crippen LogP contribution in [0.25, 0.3) is 10.9 Å². The number of carboxylic acids is 1. The summed E-state index contributed by atoms with van der Waals surface area (Å²) in [4.78, 5) is 26.0. The molecule has 1 aromatic heterocycles. The molecule has 28 heavy (non-hydrogen) atoms. The first-order chi connectivity index (χ1) is 13.4. The summed E-state index contributed by atoms with van der Waals surface area (Å²) in [5.41, 5.74) is 5.60. The lowest BCUT2D eigenvalue weighted by atomic mass is 10.1. The molecule has 2 aromatic rings. The topological polar surface area (TPSA) is 107 Å². The number of benzene rings is 1. The molecule has 4 rings (SSSR count). The summed E-state index contributed by atoms with van der Waals surface area (Å²) in [6.45, 7) is 0.759. The van der Waals surface area contributed by atoms with Crippen molar-refractivity contribution in [2.45, 2.75) is 31.0 Å². The van der Waals surface area contributed by atoms with Crippen molar-refractivity contribution < 1.29 is 23.8 Å². The summed E-state index contributed by atoms with van der Waals surface area (Å²) in [6, 6.07) is 0.873. The van der Waals surface area contributed by atoms with E-state index in [0.29, 0.717) is 18.6 Å². The molecular weight excluding hydrogens is 369 g/mol. The molecule has 2 unspecified atom stereocenters. The van der Waals surface area contributed by atoms with Crippen LogP contribution in [0.3, 0.4) is 0 Å². The van der Waals surface area contributed by atoms with Crippen LogP contribution in [0.1, 0.15) is 29.2 Å². The Bertz CT molecular complexity index is 1020. The molecule has 150 valence electrons. The number of carbonyl (C=O) groups is 1. The van der Waals surface area contributed by atoms with Crippen molar-refractivity contribution in [1.29, 1.82) is 0 Å². The maximum atomic E-state index is 15.1. The minimum absolute atomic E-state index is 0.00307. The molecule has 0 radical (unpaired) electrons. The molecule has 2 atom stereocenters. The molecule has 8 nitrogen and oxygen atoms in total. The number of nitrogens with zero attached hydrogens (tertiary/aromatic N) is 2. The maximum absolute atomic E-state index is 15.1. The second-order valence-electron chi connectivity index (χ2n) is 7.29. The van der Waals surface area contributed by atoms with Crippen LogP contribution in [-0.4, -0.2) is 55.1 Å². The van der Waals surface area contributed by atoms with Crippen molar-refractivity contribution in [3.63, 3.8) is 0 Å². The Balaban J connectivity index is 2.00. The van der Waals surface area contributed by atoms with Crippen LogP contribution >= 0.6 is 0 Å². The quantitative estimate of drug-likeness (QED) is 0.792. The summed E-state index contributed by atoms with van der Waals surface area (Å²) in [6.07, 6.45) is 2.79. The zero-order valence-electron chi connectivity index (χ0n) is 15.6. The highest BCUT2D eigenvalue weighted by atomic mass is 19.1. The summed E-state index contributed by atoms with van der Waals surface area (Å²) in [5, 5.41) is 9.38. The molecule has 0 amide bonds.